The summed E-state index contributed by atoms with van der Waals surface area (Å²) in [5.41, 5.74) is 1.62. The molecule has 1 heterocycles. The molecule has 3 rings (SSSR count). The van der Waals surface area contributed by atoms with Gasteiger partial charge in [0.25, 0.3) is 0 Å². The molecule has 0 spiro atoms. The van der Waals surface area contributed by atoms with E-state index in [0.717, 1.165) is 11.1 Å². The number of aromatic hydroxyl groups is 1. The maximum atomic E-state index is 11.7. The fourth-order valence-corrected chi connectivity index (χ4v) is 2.35. The lowest BCUT2D eigenvalue weighted by molar-refractivity contribution is 0.403. The molecule has 3 aromatic rings. The molecule has 0 saturated carbocycles. The van der Waals surface area contributed by atoms with Crippen LogP contribution in [0.2, 0.25) is 0 Å². The van der Waals surface area contributed by atoms with Gasteiger partial charge in [-0.05, 0) is 17.2 Å². The van der Waals surface area contributed by atoms with E-state index in [1.54, 1.807) is 18.2 Å². The number of phenolic OH excluding ortho intramolecular Hbond substituents is 1. The molecular formula is C18H14O4. The monoisotopic (exact) mass is 294 g/mol. The summed E-state index contributed by atoms with van der Waals surface area (Å²) in [5, 5.41) is 10.3. The number of hydrogen-bond donors (Lipinski definition) is 1. The Morgan fingerprint density at radius 3 is 2.50 bits per heavy atom. The standard InChI is InChI=1S/C18H14O4/c1-21-13-10-16(22-17(20)11-13)18-14(8-5-9-15(18)19)12-6-3-2-4-7-12/h2-11,19H,1H3. The smallest absolute Gasteiger partial charge is 0.339 e. The van der Waals surface area contributed by atoms with Crippen LogP contribution >= 0.6 is 0 Å². The summed E-state index contributed by atoms with van der Waals surface area (Å²) >= 11 is 0. The maximum absolute atomic E-state index is 11.7. The van der Waals surface area contributed by atoms with Crippen LogP contribution in [0, 0.1) is 0 Å². The first kappa shape index (κ1) is 13.9. The van der Waals surface area contributed by atoms with Crippen LogP contribution < -0.4 is 10.4 Å². The fourth-order valence-electron chi connectivity index (χ4n) is 2.35. The Kier molecular flexibility index (Phi) is 3.66. The minimum atomic E-state index is -0.531. The van der Waals surface area contributed by atoms with Gasteiger partial charge in [-0.3, -0.25) is 0 Å². The van der Waals surface area contributed by atoms with E-state index >= 15 is 0 Å². The van der Waals surface area contributed by atoms with Crippen LogP contribution in [-0.2, 0) is 0 Å². The van der Waals surface area contributed by atoms with Crippen molar-refractivity contribution < 1.29 is 14.3 Å². The molecule has 4 nitrogen and oxygen atoms in total. The van der Waals surface area contributed by atoms with E-state index in [-0.39, 0.29) is 11.5 Å². The minimum absolute atomic E-state index is 0.0396. The number of rotatable bonds is 3. The number of ether oxygens (including phenoxy) is 1. The third-order valence-corrected chi connectivity index (χ3v) is 3.35. The van der Waals surface area contributed by atoms with E-state index in [1.165, 1.54) is 13.2 Å². The molecule has 0 aliphatic carbocycles. The van der Waals surface area contributed by atoms with Gasteiger partial charge in [0.2, 0.25) is 0 Å². The largest absolute Gasteiger partial charge is 0.507 e. The van der Waals surface area contributed by atoms with Crippen molar-refractivity contribution in [1.82, 2.24) is 0 Å². The number of benzene rings is 2. The molecule has 4 heteroatoms. The minimum Gasteiger partial charge on any atom is -0.507 e. The summed E-state index contributed by atoms with van der Waals surface area (Å²) in [4.78, 5) is 11.7. The van der Waals surface area contributed by atoms with E-state index in [9.17, 15) is 9.90 Å². The Morgan fingerprint density at radius 2 is 1.77 bits per heavy atom. The predicted octanol–water partition coefficient (Wildman–Crippen LogP) is 3.69. The second-order valence-electron chi connectivity index (χ2n) is 4.75. The Balaban J connectivity index is 2.27. The second-order valence-corrected chi connectivity index (χ2v) is 4.75. The van der Waals surface area contributed by atoms with E-state index in [2.05, 4.69) is 0 Å². The first-order valence-corrected chi connectivity index (χ1v) is 6.76. The van der Waals surface area contributed by atoms with E-state index in [0.29, 0.717) is 11.3 Å². The van der Waals surface area contributed by atoms with Gasteiger partial charge in [0.05, 0.1) is 18.7 Å². The molecule has 0 aliphatic heterocycles. The molecule has 0 atom stereocenters. The van der Waals surface area contributed by atoms with Gasteiger partial charge < -0.3 is 14.3 Å². The van der Waals surface area contributed by atoms with Crippen LogP contribution in [0.25, 0.3) is 22.5 Å². The van der Waals surface area contributed by atoms with Gasteiger partial charge in [-0.25, -0.2) is 4.79 Å². The summed E-state index contributed by atoms with van der Waals surface area (Å²) in [7, 11) is 1.47. The number of phenols is 1. The van der Waals surface area contributed by atoms with Crippen molar-refractivity contribution in [2.45, 2.75) is 0 Å². The Bertz CT molecular complexity index is 850. The average Bonchev–Trinajstić information content (AvgIpc) is 2.54. The van der Waals surface area contributed by atoms with Crippen molar-refractivity contribution in [2.75, 3.05) is 7.11 Å². The van der Waals surface area contributed by atoms with Crippen molar-refractivity contribution in [3.8, 4) is 33.9 Å². The molecule has 0 bridgehead atoms. The average molecular weight is 294 g/mol. The zero-order valence-electron chi connectivity index (χ0n) is 11.9. The SMILES string of the molecule is COc1cc(-c2c(O)cccc2-c2ccccc2)oc(=O)c1. The topological polar surface area (TPSA) is 59.7 Å². The van der Waals surface area contributed by atoms with Crippen LogP contribution in [0.15, 0.2) is 69.9 Å². The highest BCUT2D eigenvalue weighted by Crippen LogP contribution is 2.38. The first-order chi connectivity index (χ1) is 10.7. The second kappa shape index (κ2) is 5.77. The quantitative estimate of drug-likeness (QED) is 0.800. The molecule has 0 radical (unpaired) electrons. The first-order valence-electron chi connectivity index (χ1n) is 6.76. The molecule has 0 fully saturated rings. The normalized spacial score (nSPS) is 10.4. The predicted molar refractivity (Wildman–Crippen MR) is 84.1 cm³/mol. The van der Waals surface area contributed by atoms with E-state index in [1.807, 2.05) is 36.4 Å². The van der Waals surface area contributed by atoms with Crippen molar-refractivity contribution in [1.29, 1.82) is 0 Å². The third kappa shape index (κ3) is 2.59. The van der Waals surface area contributed by atoms with Crippen LogP contribution in [0.3, 0.4) is 0 Å². The number of methoxy groups -OCH3 is 1. The van der Waals surface area contributed by atoms with Gasteiger partial charge in [0.1, 0.15) is 17.3 Å². The summed E-state index contributed by atoms with van der Waals surface area (Å²) in [6, 6.07) is 17.6. The van der Waals surface area contributed by atoms with Crippen LogP contribution in [-0.4, -0.2) is 12.2 Å². The van der Waals surface area contributed by atoms with Gasteiger partial charge in [-0.2, -0.15) is 0 Å². The Hall–Kier alpha value is -3.01. The third-order valence-electron chi connectivity index (χ3n) is 3.35. The van der Waals surface area contributed by atoms with E-state index < -0.39 is 5.63 Å². The summed E-state index contributed by atoms with van der Waals surface area (Å²) in [6.45, 7) is 0. The maximum Gasteiger partial charge on any atom is 0.339 e. The summed E-state index contributed by atoms with van der Waals surface area (Å²) in [5.74, 6) is 0.688. The van der Waals surface area contributed by atoms with Gasteiger partial charge >= 0.3 is 5.63 Å². The van der Waals surface area contributed by atoms with Crippen molar-refractivity contribution in [3.63, 3.8) is 0 Å². The highest BCUT2D eigenvalue weighted by molar-refractivity contribution is 5.85. The van der Waals surface area contributed by atoms with Crippen molar-refractivity contribution in [3.05, 3.63) is 71.1 Å². The zero-order chi connectivity index (χ0) is 15.5. The lowest BCUT2D eigenvalue weighted by Gasteiger charge is -2.11. The van der Waals surface area contributed by atoms with Crippen LogP contribution in [0.5, 0.6) is 11.5 Å². The molecule has 2 aromatic carbocycles. The molecule has 22 heavy (non-hydrogen) atoms. The number of hydrogen-bond acceptors (Lipinski definition) is 4. The molecule has 0 amide bonds. The van der Waals surface area contributed by atoms with Gasteiger partial charge in [0, 0.05) is 6.07 Å². The lowest BCUT2D eigenvalue weighted by Crippen LogP contribution is -1.99. The van der Waals surface area contributed by atoms with Crippen molar-refractivity contribution >= 4 is 0 Å². The Labute approximate surface area is 127 Å². The molecule has 0 unspecified atom stereocenters. The van der Waals surface area contributed by atoms with Crippen LogP contribution in [0.4, 0.5) is 0 Å². The lowest BCUT2D eigenvalue weighted by atomic mass is 9.97. The van der Waals surface area contributed by atoms with E-state index in [4.69, 9.17) is 9.15 Å². The van der Waals surface area contributed by atoms with Crippen molar-refractivity contribution in [2.24, 2.45) is 0 Å². The fraction of sp³-hybridized carbons (Fsp3) is 0.0556. The van der Waals surface area contributed by atoms with Crippen LogP contribution in [0.1, 0.15) is 0 Å². The van der Waals surface area contributed by atoms with Gasteiger partial charge in [0.15, 0.2) is 0 Å². The van der Waals surface area contributed by atoms with Gasteiger partial charge in [-0.1, -0.05) is 42.5 Å². The molecule has 0 saturated heterocycles. The van der Waals surface area contributed by atoms with Gasteiger partial charge in [-0.15, -0.1) is 0 Å². The highest BCUT2D eigenvalue weighted by atomic mass is 16.5. The summed E-state index contributed by atoms with van der Waals surface area (Å²) in [6.07, 6.45) is 0. The Morgan fingerprint density at radius 1 is 1.00 bits per heavy atom. The molecule has 110 valence electrons. The molecule has 0 aliphatic rings. The molecule has 1 N–H and O–H groups in total. The summed E-state index contributed by atoms with van der Waals surface area (Å²) < 4.78 is 10.4. The molecule has 1 aromatic heterocycles. The highest BCUT2D eigenvalue weighted by Gasteiger charge is 2.15. The molecular weight excluding hydrogens is 280 g/mol. The zero-order valence-corrected chi connectivity index (χ0v) is 11.9.